The Labute approximate surface area is 252 Å². The molecule has 4 aromatic rings. The van der Waals surface area contributed by atoms with E-state index in [2.05, 4.69) is 10.1 Å². The highest BCUT2D eigenvalue weighted by molar-refractivity contribution is 6.30. The van der Waals surface area contributed by atoms with Crippen LogP contribution in [0.1, 0.15) is 58.1 Å². The molecule has 6 rings (SSSR count). The number of aromatic nitrogens is 3. The van der Waals surface area contributed by atoms with Crippen molar-refractivity contribution in [2.75, 3.05) is 13.2 Å². The Morgan fingerprint density at radius 1 is 1.07 bits per heavy atom. The standard InChI is InChI=1S/C31H29Cl2FN4O4/c1-29(41,21-13-36-37(2)15-21)20-11-25-27(26(34)12-20)31(19-3-5-22(32)6-4-19,42-18-30(17-39)9-10-30)38(28(25)40)16-24-8-7-23(33)14-35-24/h3-8,11-15,39,41H,9-10,16-18H2,1-2H3/t29?,31-/m1/s1. The molecule has 0 radical (unpaired) electrons. The lowest BCUT2D eigenvalue weighted by Gasteiger charge is -2.40. The van der Waals surface area contributed by atoms with Crippen LogP contribution in [0, 0.1) is 11.2 Å². The molecule has 3 heterocycles. The van der Waals surface area contributed by atoms with E-state index in [1.807, 2.05) is 0 Å². The number of carbonyl (C=O) groups excluding carboxylic acids is 1. The zero-order chi connectivity index (χ0) is 29.9. The maximum Gasteiger partial charge on any atom is 0.257 e. The average Bonchev–Trinajstić information content (AvgIpc) is 3.55. The number of benzene rings is 2. The number of rotatable bonds is 9. The van der Waals surface area contributed by atoms with Gasteiger partial charge in [0.1, 0.15) is 11.4 Å². The van der Waals surface area contributed by atoms with E-state index in [1.165, 1.54) is 41.0 Å². The molecular formula is C31H29Cl2FN4O4. The van der Waals surface area contributed by atoms with Crippen molar-refractivity contribution in [3.05, 3.63) is 116 Å². The van der Waals surface area contributed by atoms with Gasteiger partial charge in [-0.1, -0.05) is 35.3 Å². The number of nitrogens with zero attached hydrogens (tertiary/aromatic N) is 4. The lowest BCUT2D eigenvalue weighted by atomic mass is 9.85. The number of hydrogen-bond donors (Lipinski definition) is 2. The molecule has 2 N–H and O–H groups in total. The molecule has 42 heavy (non-hydrogen) atoms. The third kappa shape index (κ3) is 4.79. The first-order valence-electron chi connectivity index (χ1n) is 13.5. The van der Waals surface area contributed by atoms with Crippen LogP contribution in [0.5, 0.6) is 0 Å². The average molecular weight is 612 g/mol. The van der Waals surface area contributed by atoms with Crippen molar-refractivity contribution in [1.82, 2.24) is 19.7 Å². The number of aliphatic hydroxyl groups excluding tert-OH is 1. The summed E-state index contributed by atoms with van der Waals surface area (Å²) in [5, 5.41) is 26.6. The summed E-state index contributed by atoms with van der Waals surface area (Å²) in [5.74, 6) is -1.23. The van der Waals surface area contributed by atoms with Gasteiger partial charge >= 0.3 is 0 Å². The van der Waals surface area contributed by atoms with Crippen LogP contribution in [-0.2, 0) is 29.7 Å². The highest BCUT2D eigenvalue weighted by Crippen LogP contribution is 2.52. The number of fused-ring (bicyclic) bond motifs is 1. The topological polar surface area (TPSA) is 101 Å². The SMILES string of the molecule is Cn1cc(C(C)(O)c2cc(F)c3c(c2)C(=O)N(Cc2ccc(Cl)cn2)[C@@]3(OCC2(CO)CC2)c2ccc(Cl)cc2)cn1. The second kappa shape index (κ2) is 10.4. The second-order valence-electron chi connectivity index (χ2n) is 11.3. The van der Waals surface area contributed by atoms with Gasteiger partial charge in [0, 0.05) is 41.0 Å². The van der Waals surface area contributed by atoms with Crippen molar-refractivity contribution in [3.8, 4) is 0 Å². The third-order valence-corrected chi connectivity index (χ3v) is 8.81. The Bertz CT molecular complexity index is 1650. The van der Waals surface area contributed by atoms with Gasteiger partial charge in [-0.15, -0.1) is 0 Å². The maximum atomic E-state index is 16.6. The Morgan fingerprint density at radius 2 is 1.79 bits per heavy atom. The van der Waals surface area contributed by atoms with Crippen LogP contribution in [0.4, 0.5) is 4.39 Å². The molecule has 1 unspecified atom stereocenters. The van der Waals surface area contributed by atoms with Crippen molar-refractivity contribution < 1.29 is 24.1 Å². The van der Waals surface area contributed by atoms with Crippen molar-refractivity contribution in [1.29, 1.82) is 0 Å². The van der Waals surface area contributed by atoms with Crippen LogP contribution in [0.15, 0.2) is 67.1 Å². The quantitative estimate of drug-likeness (QED) is 0.271. The number of carbonyl (C=O) groups is 1. The van der Waals surface area contributed by atoms with Gasteiger partial charge in [0.2, 0.25) is 0 Å². The van der Waals surface area contributed by atoms with E-state index in [-0.39, 0.29) is 36.4 Å². The molecule has 0 bridgehead atoms. The maximum absolute atomic E-state index is 16.6. The van der Waals surface area contributed by atoms with E-state index in [0.717, 1.165) is 12.8 Å². The van der Waals surface area contributed by atoms with E-state index in [1.54, 1.807) is 49.6 Å². The highest BCUT2D eigenvalue weighted by Gasteiger charge is 2.56. The normalized spacial score (nSPS) is 20.5. The van der Waals surface area contributed by atoms with Crippen molar-refractivity contribution >= 4 is 29.1 Å². The molecule has 1 aliphatic carbocycles. The molecular weight excluding hydrogens is 582 g/mol. The van der Waals surface area contributed by atoms with Crippen molar-refractivity contribution in [3.63, 3.8) is 0 Å². The van der Waals surface area contributed by atoms with Gasteiger partial charge in [0.25, 0.3) is 5.91 Å². The first kappa shape index (κ1) is 28.8. The Hall–Kier alpha value is -3.34. The second-order valence-corrected chi connectivity index (χ2v) is 12.2. The highest BCUT2D eigenvalue weighted by atomic mass is 35.5. The number of aryl methyl sites for hydroxylation is 1. The van der Waals surface area contributed by atoms with Gasteiger partial charge in [0.05, 0.1) is 47.8 Å². The van der Waals surface area contributed by atoms with Crippen LogP contribution >= 0.6 is 23.2 Å². The molecule has 2 aromatic heterocycles. The zero-order valence-corrected chi connectivity index (χ0v) is 24.5. The molecule has 0 spiro atoms. The van der Waals surface area contributed by atoms with Crippen LogP contribution in [0.25, 0.3) is 0 Å². The molecule has 1 saturated carbocycles. The molecule has 8 nitrogen and oxygen atoms in total. The predicted molar refractivity (Wildman–Crippen MR) is 154 cm³/mol. The van der Waals surface area contributed by atoms with E-state index in [4.69, 9.17) is 27.9 Å². The summed E-state index contributed by atoms with van der Waals surface area (Å²) in [6.45, 7) is 1.48. The van der Waals surface area contributed by atoms with Gasteiger partial charge in [0.15, 0.2) is 5.72 Å². The van der Waals surface area contributed by atoms with E-state index >= 15 is 4.39 Å². The van der Waals surface area contributed by atoms with Gasteiger partial charge in [-0.3, -0.25) is 19.4 Å². The van der Waals surface area contributed by atoms with Crippen LogP contribution < -0.4 is 0 Å². The Balaban J connectivity index is 1.56. The molecule has 1 aliphatic heterocycles. The summed E-state index contributed by atoms with van der Waals surface area (Å²) in [6.07, 6.45) is 6.10. The molecule has 0 saturated heterocycles. The molecule has 2 aliphatic rings. The van der Waals surface area contributed by atoms with E-state index in [9.17, 15) is 15.0 Å². The smallest absolute Gasteiger partial charge is 0.257 e. The van der Waals surface area contributed by atoms with Crippen molar-refractivity contribution in [2.24, 2.45) is 12.5 Å². The number of ether oxygens (including phenoxy) is 1. The predicted octanol–water partition coefficient (Wildman–Crippen LogP) is 5.16. The molecule has 11 heteroatoms. The summed E-state index contributed by atoms with van der Waals surface area (Å²) in [5.41, 5.74) is -2.16. The molecule has 1 fully saturated rings. The summed E-state index contributed by atoms with van der Waals surface area (Å²) in [7, 11) is 1.71. The number of amides is 1. The lowest BCUT2D eigenvalue weighted by molar-refractivity contribution is -0.130. The Kier molecular flexibility index (Phi) is 7.14. The molecule has 2 aromatic carbocycles. The van der Waals surface area contributed by atoms with Crippen LogP contribution in [-0.4, -0.2) is 49.0 Å². The minimum absolute atomic E-state index is 0.0169. The first-order valence-corrected chi connectivity index (χ1v) is 14.2. The summed E-state index contributed by atoms with van der Waals surface area (Å²) in [4.78, 5) is 20.2. The fourth-order valence-corrected chi connectivity index (χ4v) is 5.74. The molecule has 2 atom stereocenters. The first-order chi connectivity index (χ1) is 20.0. The third-order valence-electron chi connectivity index (χ3n) is 8.34. The molecule has 1 amide bonds. The van der Waals surface area contributed by atoms with Gasteiger partial charge in [-0.05, 0) is 61.7 Å². The number of aliphatic hydroxyl groups is 2. The monoisotopic (exact) mass is 610 g/mol. The van der Waals surface area contributed by atoms with Gasteiger partial charge in [-0.2, -0.15) is 5.10 Å². The fourth-order valence-electron chi connectivity index (χ4n) is 5.50. The number of hydrogen-bond acceptors (Lipinski definition) is 6. The van der Waals surface area contributed by atoms with Crippen LogP contribution in [0.3, 0.4) is 0 Å². The Morgan fingerprint density at radius 3 is 2.38 bits per heavy atom. The summed E-state index contributed by atoms with van der Waals surface area (Å²) in [6, 6.07) is 12.8. The fraction of sp³-hybridized carbons (Fsp3) is 0.323. The van der Waals surface area contributed by atoms with Crippen molar-refractivity contribution in [2.45, 2.75) is 37.6 Å². The summed E-state index contributed by atoms with van der Waals surface area (Å²) < 4.78 is 24.8. The van der Waals surface area contributed by atoms with Gasteiger partial charge in [-0.25, -0.2) is 4.39 Å². The van der Waals surface area contributed by atoms with Crippen LogP contribution in [0.2, 0.25) is 10.0 Å². The largest absolute Gasteiger partial charge is 0.396 e. The zero-order valence-electron chi connectivity index (χ0n) is 23.0. The minimum atomic E-state index is -1.72. The molecule has 218 valence electrons. The lowest BCUT2D eigenvalue weighted by Crippen LogP contribution is -2.48. The summed E-state index contributed by atoms with van der Waals surface area (Å²) >= 11 is 12.3. The van der Waals surface area contributed by atoms with E-state index < -0.39 is 28.5 Å². The minimum Gasteiger partial charge on any atom is -0.396 e. The number of halogens is 3. The van der Waals surface area contributed by atoms with E-state index in [0.29, 0.717) is 26.9 Å². The van der Waals surface area contributed by atoms with Gasteiger partial charge < -0.3 is 14.9 Å². The number of pyridine rings is 1.